The molecule has 0 saturated carbocycles. The molecule has 0 aliphatic carbocycles. The van der Waals surface area contributed by atoms with Crippen LogP contribution in [0.5, 0.6) is 5.75 Å². The van der Waals surface area contributed by atoms with Gasteiger partial charge in [-0.2, -0.15) is 0 Å². The van der Waals surface area contributed by atoms with Gasteiger partial charge in [0.1, 0.15) is 11.6 Å². The normalized spacial score (nSPS) is 10.2. The Bertz CT molecular complexity index is 601. The lowest BCUT2D eigenvalue weighted by molar-refractivity contribution is -0.116. The van der Waals surface area contributed by atoms with Gasteiger partial charge in [-0.05, 0) is 42.8 Å². The van der Waals surface area contributed by atoms with Crippen LogP contribution in [0.1, 0.15) is 12.8 Å². The van der Waals surface area contributed by atoms with E-state index in [0.29, 0.717) is 23.8 Å². The van der Waals surface area contributed by atoms with Gasteiger partial charge in [0.05, 0.1) is 12.3 Å². The van der Waals surface area contributed by atoms with E-state index >= 15 is 0 Å². The molecule has 0 bridgehead atoms. The van der Waals surface area contributed by atoms with Crippen LogP contribution in [0.15, 0.2) is 48.5 Å². The number of rotatable bonds is 6. The topological polar surface area (TPSA) is 38.3 Å². The van der Waals surface area contributed by atoms with Crippen LogP contribution in [0.4, 0.5) is 10.1 Å². The number of hydrogen-bond donors (Lipinski definition) is 1. The zero-order chi connectivity index (χ0) is 15.1. The fourth-order valence-electron chi connectivity index (χ4n) is 1.73. The highest BCUT2D eigenvalue weighted by atomic mass is 35.5. The van der Waals surface area contributed by atoms with Gasteiger partial charge in [0.15, 0.2) is 0 Å². The summed E-state index contributed by atoms with van der Waals surface area (Å²) in [5, 5.41) is 3.17. The van der Waals surface area contributed by atoms with E-state index < -0.39 is 5.82 Å². The summed E-state index contributed by atoms with van der Waals surface area (Å²) in [6.07, 6.45) is 0.810. The first kappa shape index (κ1) is 15.3. The number of para-hydroxylation sites is 1. The average molecular weight is 308 g/mol. The SMILES string of the molecule is O=C(CCCOc1ccc(Cl)cc1)Nc1ccccc1F. The van der Waals surface area contributed by atoms with Gasteiger partial charge < -0.3 is 10.1 Å². The molecule has 0 atom stereocenters. The first-order valence-electron chi connectivity index (χ1n) is 6.58. The van der Waals surface area contributed by atoms with Crippen molar-refractivity contribution in [3.8, 4) is 5.75 Å². The maximum absolute atomic E-state index is 13.3. The summed E-state index contributed by atoms with van der Waals surface area (Å²) < 4.78 is 18.8. The van der Waals surface area contributed by atoms with Crippen LogP contribution >= 0.6 is 11.6 Å². The van der Waals surface area contributed by atoms with E-state index in [2.05, 4.69) is 5.32 Å². The molecule has 0 unspecified atom stereocenters. The molecular formula is C16H15ClFNO2. The van der Waals surface area contributed by atoms with Crippen molar-refractivity contribution in [3.63, 3.8) is 0 Å². The Morgan fingerprint density at radius 1 is 1.14 bits per heavy atom. The number of halogens is 2. The molecule has 5 heteroatoms. The number of carbonyl (C=O) groups is 1. The van der Waals surface area contributed by atoms with Gasteiger partial charge >= 0.3 is 0 Å². The molecule has 0 aliphatic rings. The summed E-state index contributed by atoms with van der Waals surface area (Å²) in [6, 6.07) is 13.1. The second-order valence-electron chi connectivity index (χ2n) is 4.43. The van der Waals surface area contributed by atoms with E-state index in [4.69, 9.17) is 16.3 Å². The largest absolute Gasteiger partial charge is 0.494 e. The maximum atomic E-state index is 13.3. The number of nitrogens with one attached hydrogen (secondary N) is 1. The molecule has 1 amide bonds. The molecular weight excluding hydrogens is 293 g/mol. The molecule has 0 aliphatic heterocycles. The number of benzene rings is 2. The Morgan fingerprint density at radius 2 is 1.86 bits per heavy atom. The summed E-state index contributed by atoms with van der Waals surface area (Å²) in [6.45, 7) is 0.409. The third-order valence-corrected chi connectivity index (χ3v) is 3.03. The third-order valence-electron chi connectivity index (χ3n) is 2.78. The van der Waals surface area contributed by atoms with Crippen molar-refractivity contribution < 1.29 is 13.9 Å². The van der Waals surface area contributed by atoms with Gasteiger partial charge in [-0.15, -0.1) is 0 Å². The van der Waals surface area contributed by atoms with Gasteiger partial charge in [0.2, 0.25) is 5.91 Å². The summed E-state index contributed by atoms with van der Waals surface area (Å²) >= 11 is 5.77. The molecule has 2 aromatic carbocycles. The van der Waals surface area contributed by atoms with Crippen molar-refractivity contribution in [3.05, 3.63) is 59.4 Å². The maximum Gasteiger partial charge on any atom is 0.224 e. The second-order valence-corrected chi connectivity index (χ2v) is 4.87. The number of hydrogen-bond acceptors (Lipinski definition) is 2. The number of ether oxygens (including phenoxy) is 1. The molecule has 21 heavy (non-hydrogen) atoms. The van der Waals surface area contributed by atoms with Crippen LogP contribution in [0, 0.1) is 5.82 Å². The van der Waals surface area contributed by atoms with E-state index in [1.807, 2.05) is 0 Å². The number of anilines is 1. The molecule has 3 nitrogen and oxygen atoms in total. The van der Waals surface area contributed by atoms with Crippen molar-refractivity contribution in [2.75, 3.05) is 11.9 Å². The molecule has 2 rings (SSSR count). The zero-order valence-corrected chi connectivity index (χ0v) is 12.1. The quantitative estimate of drug-likeness (QED) is 0.809. The molecule has 0 saturated heterocycles. The second kappa shape index (κ2) is 7.64. The van der Waals surface area contributed by atoms with Gasteiger partial charge in [-0.1, -0.05) is 23.7 Å². The Balaban J connectivity index is 1.70. The monoisotopic (exact) mass is 307 g/mol. The minimum Gasteiger partial charge on any atom is -0.494 e. The number of amides is 1. The first-order chi connectivity index (χ1) is 10.1. The summed E-state index contributed by atoms with van der Waals surface area (Å²) in [4.78, 5) is 11.7. The van der Waals surface area contributed by atoms with E-state index in [-0.39, 0.29) is 18.0 Å². The Hall–Kier alpha value is -2.07. The van der Waals surface area contributed by atoms with Crippen LogP contribution in [0.25, 0.3) is 0 Å². The van der Waals surface area contributed by atoms with Gasteiger partial charge in [-0.25, -0.2) is 4.39 Å². The van der Waals surface area contributed by atoms with Crippen molar-refractivity contribution in [2.45, 2.75) is 12.8 Å². The fourth-order valence-corrected chi connectivity index (χ4v) is 1.85. The molecule has 0 aromatic heterocycles. The summed E-state index contributed by atoms with van der Waals surface area (Å²) in [5.41, 5.74) is 0.195. The lowest BCUT2D eigenvalue weighted by Crippen LogP contribution is -2.13. The van der Waals surface area contributed by atoms with Gasteiger partial charge in [-0.3, -0.25) is 4.79 Å². The summed E-state index contributed by atoms with van der Waals surface area (Å²) in [7, 11) is 0. The van der Waals surface area contributed by atoms with Gasteiger partial charge in [0, 0.05) is 11.4 Å². The third kappa shape index (κ3) is 5.08. The molecule has 0 fully saturated rings. The highest BCUT2D eigenvalue weighted by Crippen LogP contribution is 2.16. The van der Waals surface area contributed by atoms with Crippen LogP contribution in [0.3, 0.4) is 0 Å². The molecule has 2 aromatic rings. The van der Waals surface area contributed by atoms with Crippen LogP contribution < -0.4 is 10.1 Å². The molecule has 0 heterocycles. The minimum atomic E-state index is -0.441. The van der Waals surface area contributed by atoms with E-state index in [9.17, 15) is 9.18 Å². The lowest BCUT2D eigenvalue weighted by atomic mass is 10.2. The van der Waals surface area contributed by atoms with Crippen molar-refractivity contribution in [1.29, 1.82) is 0 Å². The van der Waals surface area contributed by atoms with Crippen LogP contribution in [-0.2, 0) is 4.79 Å². The van der Waals surface area contributed by atoms with E-state index in [1.54, 1.807) is 36.4 Å². The molecule has 0 spiro atoms. The molecule has 0 radical (unpaired) electrons. The standard InChI is InChI=1S/C16H15ClFNO2/c17-12-7-9-13(10-8-12)21-11-3-6-16(20)19-15-5-2-1-4-14(15)18/h1-2,4-5,7-10H,3,6,11H2,(H,19,20). The lowest BCUT2D eigenvalue weighted by Gasteiger charge is -2.07. The smallest absolute Gasteiger partial charge is 0.224 e. The van der Waals surface area contributed by atoms with Crippen LogP contribution in [0.2, 0.25) is 5.02 Å². The Labute approximate surface area is 127 Å². The van der Waals surface area contributed by atoms with Crippen molar-refractivity contribution in [1.82, 2.24) is 0 Å². The predicted molar refractivity (Wildman–Crippen MR) is 81.2 cm³/mol. The zero-order valence-electron chi connectivity index (χ0n) is 11.3. The average Bonchev–Trinajstić information content (AvgIpc) is 2.48. The van der Waals surface area contributed by atoms with Crippen molar-refractivity contribution in [2.24, 2.45) is 0 Å². The van der Waals surface area contributed by atoms with Crippen LogP contribution in [-0.4, -0.2) is 12.5 Å². The first-order valence-corrected chi connectivity index (χ1v) is 6.96. The highest BCUT2D eigenvalue weighted by Gasteiger charge is 2.06. The van der Waals surface area contributed by atoms with E-state index in [0.717, 1.165) is 0 Å². The fraction of sp³-hybridized carbons (Fsp3) is 0.188. The minimum absolute atomic E-state index is 0.195. The summed E-state index contributed by atoms with van der Waals surface area (Å²) in [5.74, 6) is 0.0250. The Kier molecular flexibility index (Phi) is 5.58. The molecule has 1 N–H and O–H groups in total. The van der Waals surface area contributed by atoms with Crippen molar-refractivity contribution >= 4 is 23.2 Å². The Morgan fingerprint density at radius 3 is 2.57 bits per heavy atom. The molecule has 110 valence electrons. The highest BCUT2D eigenvalue weighted by molar-refractivity contribution is 6.30. The number of carbonyl (C=O) groups excluding carboxylic acids is 1. The van der Waals surface area contributed by atoms with Gasteiger partial charge in [0.25, 0.3) is 0 Å². The van der Waals surface area contributed by atoms with E-state index in [1.165, 1.54) is 12.1 Å². The predicted octanol–water partition coefficient (Wildman–Crippen LogP) is 4.28.